The van der Waals surface area contributed by atoms with E-state index in [-0.39, 0.29) is 35.9 Å². The predicted octanol–water partition coefficient (Wildman–Crippen LogP) is 2.45. The minimum absolute atomic E-state index is 0.00748. The first-order valence-electron chi connectivity index (χ1n) is 6.40. The first-order valence-corrected chi connectivity index (χ1v) is 6.40. The van der Waals surface area contributed by atoms with Crippen LogP contribution in [0.5, 0.6) is 5.75 Å². The third-order valence-corrected chi connectivity index (χ3v) is 2.98. The number of ketones is 1. The van der Waals surface area contributed by atoms with Gasteiger partial charge in [-0.1, -0.05) is 0 Å². The molecule has 6 nitrogen and oxygen atoms in total. The normalized spacial score (nSPS) is 10.3. The number of non-ortho nitro benzene ring substituents is 1. The highest BCUT2D eigenvalue weighted by molar-refractivity contribution is 5.97. The number of nitro groups is 1. The molecule has 0 aliphatic carbocycles. The Morgan fingerprint density at radius 2 is 1.91 bits per heavy atom. The standard InChI is InChI=1S/C15H13FN2O4/c16-13-7-11(14(19)8-17)3-6-15(13)22-9-10-1-4-12(5-2-10)18(20)21/h1-7H,8-9,17H2. The number of benzene rings is 2. The molecule has 0 unspecified atom stereocenters. The van der Waals surface area contributed by atoms with Gasteiger partial charge in [-0.15, -0.1) is 0 Å². The van der Waals surface area contributed by atoms with Crippen molar-refractivity contribution in [3.63, 3.8) is 0 Å². The number of nitrogens with two attached hydrogens (primary N) is 1. The summed E-state index contributed by atoms with van der Waals surface area (Å²) in [5.74, 6) is -1.03. The van der Waals surface area contributed by atoms with Crippen molar-refractivity contribution in [2.75, 3.05) is 6.54 Å². The second kappa shape index (κ2) is 6.77. The van der Waals surface area contributed by atoms with E-state index in [0.29, 0.717) is 5.56 Å². The van der Waals surface area contributed by atoms with Gasteiger partial charge in [0.1, 0.15) is 6.61 Å². The molecule has 0 radical (unpaired) electrons. The monoisotopic (exact) mass is 304 g/mol. The van der Waals surface area contributed by atoms with Crippen LogP contribution >= 0.6 is 0 Å². The SMILES string of the molecule is NCC(=O)c1ccc(OCc2ccc([N+](=O)[O-])cc2)c(F)c1. The number of halogens is 1. The lowest BCUT2D eigenvalue weighted by atomic mass is 10.1. The smallest absolute Gasteiger partial charge is 0.269 e. The fraction of sp³-hybridized carbons (Fsp3) is 0.133. The molecule has 0 spiro atoms. The molecule has 22 heavy (non-hydrogen) atoms. The molecular weight excluding hydrogens is 291 g/mol. The maximum Gasteiger partial charge on any atom is 0.269 e. The van der Waals surface area contributed by atoms with Crippen LogP contribution in [0.15, 0.2) is 42.5 Å². The fourth-order valence-electron chi connectivity index (χ4n) is 1.78. The molecule has 7 heteroatoms. The quantitative estimate of drug-likeness (QED) is 0.502. The first kappa shape index (κ1) is 15.6. The van der Waals surface area contributed by atoms with E-state index >= 15 is 0 Å². The maximum atomic E-state index is 13.8. The minimum atomic E-state index is -0.666. The minimum Gasteiger partial charge on any atom is -0.486 e. The van der Waals surface area contributed by atoms with Gasteiger partial charge < -0.3 is 10.5 Å². The van der Waals surface area contributed by atoms with Gasteiger partial charge in [0.15, 0.2) is 17.3 Å². The summed E-state index contributed by atoms with van der Waals surface area (Å²) in [5.41, 5.74) is 6.02. The number of nitrogens with zero attached hydrogens (tertiary/aromatic N) is 1. The number of carbonyl (C=O) groups is 1. The molecule has 0 heterocycles. The first-order chi connectivity index (χ1) is 10.5. The number of rotatable bonds is 6. The number of carbonyl (C=O) groups excluding carboxylic acids is 1. The van der Waals surface area contributed by atoms with Gasteiger partial charge in [-0.3, -0.25) is 14.9 Å². The van der Waals surface area contributed by atoms with Crippen molar-refractivity contribution in [2.45, 2.75) is 6.61 Å². The Morgan fingerprint density at radius 3 is 2.45 bits per heavy atom. The highest BCUT2D eigenvalue weighted by Gasteiger charge is 2.10. The van der Waals surface area contributed by atoms with E-state index in [1.165, 1.54) is 36.4 Å². The summed E-state index contributed by atoms with van der Waals surface area (Å²) in [6, 6.07) is 9.61. The number of Topliss-reactive ketones (excluding diaryl/α,β-unsaturated/α-hetero) is 1. The fourth-order valence-corrected chi connectivity index (χ4v) is 1.78. The largest absolute Gasteiger partial charge is 0.486 e. The third-order valence-electron chi connectivity index (χ3n) is 2.98. The van der Waals surface area contributed by atoms with Crippen molar-refractivity contribution in [1.82, 2.24) is 0 Å². The van der Waals surface area contributed by atoms with Crippen molar-refractivity contribution in [1.29, 1.82) is 0 Å². The Kier molecular flexibility index (Phi) is 4.80. The predicted molar refractivity (Wildman–Crippen MR) is 77.2 cm³/mol. The lowest BCUT2D eigenvalue weighted by Gasteiger charge is -2.08. The second-order valence-electron chi connectivity index (χ2n) is 4.48. The molecule has 0 bridgehead atoms. The Balaban J connectivity index is 2.05. The average molecular weight is 304 g/mol. The number of nitro benzene ring substituents is 1. The van der Waals surface area contributed by atoms with E-state index in [1.54, 1.807) is 0 Å². The molecule has 0 amide bonds. The topological polar surface area (TPSA) is 95.5 Å². The molecule has 0 saturated heterocycles. The number of ether oxygens (including phenoxy) is 1. The van der Waals surface area contributed by atoms with E-state index in [0.717, 1.165) is 6.07 Å². The van der Waals surface area contributed by atoms with Crippen LogP contribution in [-0.2, 0) is 6.61 Å². The molecule has 2 aromatic carbocycles. The van der Waals surface area contributed by atoms with E-state index in [4.69, 9.17) is 10.5 Å². The third kappa shape index (κ3) is 3.64. The van der Waals surface area contributed by atoms with Gasteiger partial charge in [-0.2, -0.15) is 0 Å². The molecule has 0 aliphatic rings. The number of hydrogen-bond acceptors (Lipinski definition) is 5. The van der Waals surface area contributed by atoms with E-state index in [9.17, 15) is 19.3 Å². The van der Waals surface area contributed by atoms with Gasteiger partial charge in [0.25, 0.3) is 5.69 Å². The molecule has 2 aromatic rings. The summed E-state index contributed by atoms with van der Waals surface area (Å²) >= 11 is 0. The van der Waals surface area contributed by atoms with Crippen molar-refractivity contribution in [3.8, 4) is 5.75 Å². The maximum absolute atomic E-state index is 13.8. The van der Waals surface area contributed by atoms with Gasteiger partial charge >= 0.3 is 0 Å². The van der Waals surface area contributed by atoms with Crippen LogP contribution in [0.2, 0.25) is 0 Å². The van der Waals surface area contributed by atoms with E-state index < -0.39 is 10.7 Å². The zero-order valence-corrected chi connectivity index (χ0v) is 11.5. The second-order valence-corrected chi connectivity index (χ2v) is 4.48. The Bertz CT molecular complexity index is 701. The van der Waals surface area contributed by atoms with Crippen LogP contribution in [0.3, 0.4) is 0 Å². The molecule has 2 N–H and O–H groups in total. The average Bonchev–Trinajstić information content (AvgIpc) is 2.53. The molecular formula is C15H13FN2O4. The van der Waals surface area contributed by atoms with E-state index in [2.05, 4.69) is 0 Å². The summed E-state index contributed by atoms with van der Waals surface area (Å²) in [4.78, 5) is 21.4. The highest BCUT2D eigenvalue weighted by atomic mass is 19.1. The van der Waals surface area contributed by atoms with Gasteiger partial charge in [0.2, 0.25) is 0 Å². The van der Waals surface area contributed by atoms with Crippen LogP contribution in [0.25, 0.3) is 0 Å². The van der Waals surface area contributed by atoms with Crippen LogP contribution in [0.1, 0.15) is 15.9 Å². The molecule has 114 valence electrons. The molecule has 0 atom stereocenters. The Labute approximate surface area is 125 Å². The number of hydrogen-bond donors (Lipinski definition) is 1. The van der Waals surface area contributed by atoms with Gasteiger partial charge in [-0.05, 0) is 35.9 Å². The molecule has 0 aliphatic heterocycles. The van der Waals surface area contributed by atoms with Gasteiger partial charge in [0, 0.05) is 17.7 Å². The van der Waals surface area contributed by atoms with Crippen LogP contribution < -0.4 is 10.5 Å². The summed E-state index contributed by atoms with van der Waals surface area (Å²) in [6.45, 7) is -0.137. The van der Waals surface area contributed by atoms with Crippen molar-refractivity contribution < 1.29 is 18.8 Å². The van der Waals surface area contributed by atoms with Crippen LogP contribution in [-0.4, -0.2) is 17.3 Å². The zero-order chi connectivity index (χ0) is 16.1. The van der Waals surface area contributed by atoms with Gasteiger partial charge in [0.05, 0.1) is 11.5 Å². The lowest BCUT2D eigenvalue weighted by molar-refractivity contribution is -0.384. The van der Waals surface area contributed by atoms with Crippen LogP contribution in [0.4, 0.5) is 10.1 Å². The van der Waals surface area contributed by atoms with Crippen molar-refractivity contribution >= 4 is 11.5 Å². The van der Waals surface area contributed by atoms with Crippen molar-refractivity contribution in [3.05, 3.63) is 69.5 Å². The van der Waals surface area contributed by atoms with Crippen LogP contribution in [0, 0.1) is 15.9 Å². The summed E-state index contributed by atoms with van der Waals surface area (Å²) < 4.78 is 19.1. The zero-order valence-electron chi connectivity index (χ0n) is 11.5. The van der Waals surface area contributed by atoms with Gasteiger partial charge in [-0.25, -0.2) is 4.39 Å². The lowest BCUT2D eigenvalue weighted by Crippen LogP contribution is -2.13. The molecule has 0 fully saturated rings. The van der Waals surface area contributed by atoms with E-state index in [1.807, 2.05) is 0 Å². The summed E-state index contributed by atoms with van der Waals surface area (Å²) in [6.07, 6.45) is 0. The molecule has 0 saturated carbocycles. The molecule has 0 aromatic heterocycles. The molecule has 2 rings (SSSR count). The summed E-state index contributed by atoms with van der Waals surface area (Å²) in [5, 5.41) is 10.5. The summed E-state index contributed by atoms with van der Waals surface area (Å²) in [7, 11) is 0. The Hall–Kier alpha value is -2.80. The highest BCUT2D eigenvalue weighted by Crippen LogP contribution is 2.20. The van der Waals surface area contributed by atoms with Crippen molar-refractivity contribution in [2.24, 2.45) is 5.73 Å². The Morgan fingerprint density at radius 1 is 1.23 bits per heavy atom.